The van der Waals surface area contributed by atoms with Crippen molar-refractivity contribution in [3.05, 3.63) is 21.3 Å². The molecule has 1 fully saturated rings. The van der Waals surface area contributed by atoms with Gasteiger partial charge in [-0.3, -0.25) is 9.59 Å². The fraction of sp³-hybridized carbons (Fsp3) is 0.600. The maximum absolute atomic E-state index is 12.8. The summed E-state index contributed by atoms with van der Waals surface area (Å²) in [5, 5.41) is 2.86. The van der Waals surface area contributed by atoms with Crippen LogP contribution in [-0.2, 0) is 16.1 Å². The van der Waals surface area contributed by atoms with Gasteiger partial charge in [-0.25, -0.2) is 0 Å². The van der Waals surface area contributed by atoms with Crippen LogP contribution in [0.15, 0.2) is 12.1 Å². The van der Waals surface area contributed by atoms with Crippen LogP contribution in [0.4, 0.5) is 0 Å². The van der Waals surface area contributed by atoms with Gasteiger partial charge < -0.3 is 10.2 Å². The summed E-state index contributed by atoms with van der Waals surface area (Å²) in [6, 6.07) is 3.20. The molecule has 1 N–H and O–H groups in total. The summed E-state index contributed by atoms with van der Waals surface area (Å²) < 4.78 is 0.684. The van der Waals surface area contributed by atoms with E-state index in [1.54, 1.807) is 18.7 Å². The predicted molar refractivity (Wildman–Crippen MR) is 85.3 cm³/mol. The molecular weight excluding hydrogens is 308 g/mol. The van der Waals surface area contributed by atoms with E-state index in [-0.39, 0.29) is 17.2 Å². The van der Waals surface area contributed by atoms with Crippen molar-refractivity contribution in [2.24, 2.45) is 5.41 Å². The molecular formula is C15H21ClN2O2S. The number of nitrogens with zero attached hydrogens (tertiary/aromatic N) is 1. The van der Waals surface area contributed by atoms with Crippen LogP contribution < -0.4 is 5.32 Å². The van der Waals surface area contributed by atoms with Crippen molar-refractivity contribution in [2.45, 2.75) is 52.7 Å². The van der Waals surface area contributed by atoms with Gasteiger partial charge in [-0.1, -0.05) is 32.4 Å². The molecule has 1 aromatic rings. The number of hydrogen-bond acceptors (Lipinski definition) is 3. The van der Waals surface area contributed by atoms with Gasteiger partial charge in [-0.05, 0) is 31.4 Å². The molecule has 116 valence electrons. The van der Waals surface area contributed by atoms with E-state index in [1.165, 1.54) is 11.3 Å². The van der Waals surface area contributed by atoms with E-state index in [0.29, 0.717) is 10.9 Å². The second-order valence-corrected chi connectivity index (χ2v) is 8.76. The van der Waals surface area contributed by atoms with Crippen molar-refractivity contribution in [1.82, 2.24) is 10.2 Å². The Morgan fingerprint density at radius 3 is 2.43 bits per heavy atom. The zero-order valence-electron chi connectivity index (χ0n) is 13.0. The largest absolute Gasteiger partial charge is 0.342 e. The van der Waals surface area contributed by atoms with Crippen LogP contribution >= 0.6 is 22.9 Å². The minimum absolute atomic E-state index is 0.0448. The molecule has 21 heavy (non-hydrogen) atoms. The molecule has 1 atom stereocenters. The van der Waals surface area contributed by atoms with Crippen molar-refractivity contribution in [3.63, 3.8) is 0 Å². The molecule has 0 bridgehead atoms. The Bertz CT molecular complexity index is 574. The Morgan fingerprint density at radius 2 is 1.95 bits per heavy atom. The first-order valence-corrected chi connectivity index (χ1v) is 8.09. The first-order chi connectivity index (χ1) is 9.53. The number of rotatable bonds is 2. The van der Waals surface area contributed by atoms with Gasteiger partial charge in [-0.15, -0.1) is 11.3 Å². The van der Waals surface area contributed by atoms with Gasteiger partial charge in [0.2, 0.25) is 11.8 Å². The molecule has 0 radical (unpaired) electrons. The number of piperazine rings is 1. The van der Waals surface area contributed by atoms with Gasteiger partial charge in [0.05, 0.1) is 10.9 Å². The van der Waals surface area contributed by atoms with Gasteiger partial charge in [0.15, 0.2) is 0 Å². The number of amides is 2. The standard InChI is InChI=1S/C15H21ClN2O2S/c1-14(2,3)11-12(19)18(15(4,5)13(20)17-11)8-9-6-7-10(16)21-9/h6-7,11H,8H2,1-5H3,(H,17,20). The van der Waals surface area contributed by atoms with E-state index in [0.717, 1.165) is 4.88 Å². The summed E-state index contributed by atoms with van der Waals surface area (Å²) in [4.78, 5) is 27.9. The Balaban J connectivity index is 2.34. The van der Waals surface area contributed by atoms with Gasteiger partial charge in [0.1, 0.15) is 11.6 Å². The second-order valence-electron chi connectivity index (χ2n) is 6.96. The molecule has 4 nitrogen and oxygen atoms in total. The van der Waals surface area contributed by atoms with Crippen molar-refractivity contribution < 1.29 is 9.59 Å². The third-order valence-corrected chi connectivity index (χ3v) is 5.04. The molecule has 1 aliphatic heterocycles. The highest BCUT2D eigenvalue weighted by Gasteiger charge is 2.49. The normalized spacial score (nSPS) is 22.4. The summed E-state index contributed by atoms with van der Waals surface area (Å²) >= 11 is 7.39. The zero-order valence-corrected chi connectivity index (χ0v) is 14.6. The molecule has 6 heteroatoms. The molecule has 2 rings (SSSR count). The third kappa shape index (κ3) is 3.09. The van der Waals surface area contributed by atoms with E-state index in [2.05, 4.69) is 5.32 Å². The Morgan fingerprint density at radius 1 is 1.33 bits per heavy atom. The van der Waals surface area contributed by atoms with Crippen molar-refractivity contribution in [3.8, 4) is 0 Å². The maximum atomic E-state index is 12.8. The first-order valence-electron chi connectivity index (χ1n) is 6.90. The average Bonchev–Trinajstić information content (AvgIpc) is 2.74. The number of halogens is 1. The fourth-order valence-electron chi connectivity index (χ4n) is 2.38. The highest BCUT2D eigenvalue weighted by atomic mass is 35.5. The van der Waals surface area contributed by atoms with Crippen LogP contribution in [0.5, 0.6) is 0 Å². The minimum atomic E-state index is -0.866. The molecule has 2 amide bonds. The number of carbonyl (C=O) groups excluding carboxylic acids is 2. The molecule has 0 spiro atoms. The smallest absolute Gasteiger partial charge is 0.246 e. The van der Waals surface area contributed by atoms with E-state index >= 15 is 0 Å². The van der Waals surface area contributed by atoms with E-state index in [1.807, 2.05) is 32.9 Å². The van der Waals surface area contributed by atoms with Crippen LogP contribution in [0.3, 0.4) is 0 Å². The van der Waals surface area contributed by atoms with Crippen molar-refractivity contribution >= 4 is 34.8 Å². The Hall–Kier alpha value is -1.07. The lowest BCUT2D eigenvalue weighted by Gasteiger charge is -2.47. The lowest BCUT2D eigenvalue weighted by molar-refractivity contribution is -0.159. The topological polar surface area (TPSA) is 49.4 Å². The van der Waals surface area contributed by atoms with Gasteiger partial charge in [0.25, 0.3) is 0 Å². The van der Waals surface area contributed by atoms with Crippen LogP contribution in [0.1, 0.15) is 39.5 Å². The predicted octanol–water partition coefficient (Wildman–Crippen LogP) is 3.05. The second kappa shape index (κ2) is 5.29. The highest BCUT2D eigenvalue weighted by molar-refractivity contribution is 7.16. The summed E-state index contributed by atoms with van der Waals surface area (Å²) in [6.07, 6.45) is 0. The van der Waals surface area contributed by atoms with E-state index in [9.17, 15) is 9.59 Å². The summed E-state index contributed by atoms with van der Waals surface area (Å²) in [6.45, 7) is 9.81. The van der Waals surface area contributed by atoms with E-state index < -0.39 is 11.6 Å². The average molecular weight is 329 g/mol. The third-order valence-electron chi connectivity index (χ3n) is 3.83. The monoisotopic (exact) mass is 328 g/mol. The van der Waals surface area contributed by atoms with Crippen molar-refractivity contribution in [1.29, 1.82) is 0 Å². The minimum Gasteiger partial charge on any atom is -0.342 e. The Kier molecular flexibility index (Phi) is 4.10. The van der Waals surface area contributed by atoms with E-state index in [4.69, 9.17) is 11.6 Å². The number of thiophene rings is 1. The molecule has 0 aromatic carbocycles. The fourth-order valence-corrected chi connectivity index (χ4v) is 3.45. The lowest BCUT2D eigenvalue weighted by atomic mass is 9.82. The molecule has 0 saturated carbocycles. The van der Waals surface area contributed by atoms with Crippen LogP contribution in [0, 0.1) is 5.41 Å². The van der Waals surface area contributed by atoms with Crippen LogP contribution in [0.2, 0.25) is 4.34 Å². The zero-order chi connectivity index (χ0) is 16.0. The lowest BCUT2D eigenvalue weighted by Crippen LogP contribution is -2.70. The number of nitrogens with one attached hydrogen (secondary N) is 1. The van der Waals surface area contributed by atoms with Gasteiger partial charge in [0, 0.05) is 4.88 Å². The van der Waals surface area contributed by atoms with Gasteiger partial charge >= 0.3 is 0 Å². The number of carbonyl (C=O) groups is 2. The molecule has 2 heterocycles. The van der Waals surface area contributed by atoms with Crippen molar-refractivity contribution in [2.75, 3.05) is 0 Å². The van der Waals surface area contributed by atoms with Gasteiger partial charge in [-0.2, -0.15) is 0 Å². The quantitative estimate of drug-likeness (QED) is 0.907. The molecule has 1 aromatic heterocycles. The van der Waals surface area contributed by atoms with Crippen LogP contribution in [-0.4, -0.2) is 28.3 Å². The summed E-state index contributed by atoms with van der Waals surface area (Å²) in [5.74, 6) is -0.165. The number of hydrogen-bond donors (Lipinski definition) is 1. The Labute approximate surface area is 134 Å². The molecule has 1 unspecified atom stereocenters. The molecule has 1 saturated heterocycles. The SMILES string of the molecule is CC(C)(C)C1NC(=O)C(C)(C)N(Cc2ccc(Cl)s2)C1=O. The molecule has 0 aliphatic carbocycles. The first kappa shape index (κ1) is 16.3. The maximum Gasteiger partial charge on any atom is 0.246 e. The highest BCUT2D eigenvalue weighted by Crippen LogP contribution is 2.32. The molecule has 1 aliphatic rings. The van der Waals surface area contributed by atoms with Crippen LogP contribution in [0.25, 0.3) is 0 Å². The summed E-state index contributed by atoms with van der Waals surface area (Å²) in [7, 11) is 0. The summed E-state index contributed by atoms with van der Waals surface area (Å²) in [5.41, 5.74) is -1.19.